The van der Waals surface area contributed by atoms with Crippen LogP contribution in [0.5, 0.6) is 0 Å². The van der Waals surface area contributed by atoms with E-state index in [0.29, 0.717) is 19.0 Å². The molecule has 1 aromatic heterocycles. The lowest BCUT2D eigenvalue weighted by atomic mass is 9.98. The predicted molar refractivity (Wildman–Crippen MR) is 76.9 cm³/mol. The molecule has 1 amide bonds. The fourth-order valence-electron chi connectivity index (χ4n) is 2.74. The van der Waals surface area contributed by atoms with Gasteiger partial charge in [0.05, 0.1) is 0 Å². The second-order valence-corrected chi connectivity index (χ2v) is 5.44. The molecule has 1 N–H and O–H groups in total. The van der Waals surface area contributed by atoms with Crippen molar-refractivity contribution in [2.24, 2.45) is 0 Å². The summed E-state index contributed by atoms with van der Waals surface area (Å²) in [7, 11) is 2.17. The summed E-state index contributed by atoms with van der Waals surface area (Å²) in [6.45, 7) is 2.75. The van der Waals surface area contributed by atoms with E-state index in [1.165, 1.54) is 25.8 Å². The normalized spacial score (nSPS) is 20.4. The van der Waals surface area contributed by atoms with Gasteiger partial charge in [0.1, 0.15) is 0 Å². The number of carbonyl (C=O) groups is 1. The van der Waals surface area contributed by atoms with E-state index in [1.54, 1.807) is 0 Å². The van der Waals surface area contributed by atoms with Crippen molar-refractivity contribution >= 4 is 5.91 Å². The molecule has 0 radical (unpaired) electrons. The van der Waals surface area contributed by atoms with Crippen LogP contribution in [0.4, 0.5) is 0 Å². The Labute approximate surface area is 115 Å². The molecule has 2 rings (SSSR count). The van der Waals surface area contributed by atoms with E-state index in [1.807, 2.05) is 24.5 Å². The molecule has 1 saturated heterocycles. The smallest absolute Gasteiger partial charge is 0.220 e. The maximum atomic E-state index is 11.8. The van der Waals surface area contributed by atoms with Crippen LogP contribution >= 0.6 is 0 Å². The zero-order chi connectivity index (χ0) is 13.5. The van der Waals surface area contributed by atoms with Gasteiger partial charge in [0.15, 0.2) is 0 Å². The van der Waals surface area contributed by atoms with Crippen molar-refractivity contribution in [1.82, 2.24) is 14.8 Å². The van der Waals surface area contributed by atoms with E-state index in [9.17, 15) is 4.79 Å². The molecule has 0 saturated carbocycles. The molecule has 1 atom stereocenters. The molecule has 1 aliphatic rings. The maximum Gasteiger partial charge on any atom is 0.220 e. The molecule has 106 valence electrons. The SMILES string of the molecule is CN1CCCC[C@@H]1CCC(=O)NCCn1cccc1. The second-order valence-electron chi connectivity index (χ2n) is 5.44. The van der Waals surface area contributed by atoms with Gasteiger partial charge in [-0.05, 0) is 45.0 Å². The van der Waals surface area contributed by atoms with Gasteiger partial charge in [0.2, 0.25) is 5.91 Å². The highest BCUT2D eigenvalue weighted by Crippen LogP contribution is 2.18. The first-order valence-corrected chi connectivity index (χ1v) is 7.33. The fourth-order valence-corrected chi connectivity index (χ4v) is 2.74. The van der Waals surface area contributed by atoms with E-state index < -0.39 is 0 Å². The van der Waals surface area contributed by atoms with Gasteiger partial charge in [0, 0.05) is 37.9 Å². The summed E-state index contributed by atoms with van der Waals surface area (Å²) in [5, 5.41) is 3.00. The van der Waals surface area contributed by atoms with Gasteiger partial charge in [0.25, 0.3) is 0 Å². The van der Waals surface area contributed by atoms with Crippen LogP contribution in [-0.2, 0) is 11.3 Å². The zero-order valence-electron chi connectivity index (χ0n) is 11.8. The first kappa shape index (κ1) is 14.1. The molecule has 2 heterocycles. The monoisotopic (exact) mass is 263 g/mol. The Morgan fingerprint density at radius 1 is 1.32 bits per heavy atom. The third kappa shape index (κ3) is 4.71. The third-order valence-corrected chi connectivity index (χ3v) is 3.98. The Morgan fingerprint density at radius 3 is 2.84 bits per heavy atom. The van der Waals surface area contributed by atoms with E-state index in [0.717, 1.165) is 13.0 Å². The summed E-state index contributed by atoms with van der Waals surface area (Å²) in [5.74, 6) is 0.186. The molecule has 1 fully saturated rings. The van der Waals surface area contributed by atoms with Gasteiger partial charge in [-0.1, -0.05) is 6.42 Å². The molecule has 0 spiro atoms. The lowest BCUT2D eigenvalue weighted by molar-refractivity contribution is -0.121. The lowest BCUT2D eigenvalue weighted by Gasteiger charge is -2.32. The van der Waals surface area contributed by atoms with Crippen molar-refractivity contribution in [1.29, 1.82) is 0 Å². The van der Waals surface area contributed by atoms with Crippen LogP contribution in [0.25, 0.3) is 0 Å². The average Bonchev–Trinajstić information content (AvgIpc) is 2.91. The summed E-state index contributed by atoms with van der Waals surface area (Å²) >= 11 is 0. The topological polar surface area (TPSA) is 37.3 Å². The molecule has 0 aliphatic carbocycles. The fraction of sp³-hybridized carbons (Fsp3) is 0.667. The largest absolute Gasteiger partial charge is 0.354 e. The average molecular weight is 263 g/mol. The second kappa shape index (κ2) is 7.34. The molecular formula is C15H25N3O. The molecule has 1 aromatic rings. The predicted octanol–water partition coefficient (Wildman–Crippen LogP) is 1.87. The van der Waals surface area contributed by atoms with E-state index >= 15 is 0 Å². The van der Waals surface area contributed by atoms with Crippen LogP contribution < -0.4 is 5.32 Å². The van der Waals surface area contributed by atoms with Crippen molar-refractivity contribution in [2.45, 2.75) is 44.7 Å². The number of piperidine rings is 1. The summed E-state index contributed by atoms with van der Waals surface area (Å²) in [4.78, 5) is 14.2. The molecular weight excluding hydrogens is 238 g/mol. The number of amides is 1. The Kier molecular flexibility index (Phi) is 5.45. The molecule has 0 bridgehead atoms. The summed E-state index contributed by atoms with van der Waals surface area (Å²) in [6, 6.07) is 4.60. The number of nitrogens with one attached hydrogen (secondary N) is 1. The molecule has 4 heteroatoms. The van der Waals surface area contributed by atoms with Gasteiger partial charge in [-0.25, -0.2) is 0 Å². The molecule has 4 nitrogen and oxygen atoms in total. The molecule has 0 unspecified atom stereocenters. The van der Waals surface area contributed by atoms with Gasteiger partial charge < -0.3 is 14.8 Å². The number of aromatic nitrogens is 1. The van der Waals surface area contributed by atoms with E-state index in [-0.39, 0.29) is 5.91 Å². The van der Waals surface area contributed by atoms with Crippen molar-refractivity contribution in [3.63, 3.8) is 0 Å². The number of carbonyl (C=O) groups excluding carboxylic acids is 1. The Bertz CT molecular complexity index is 375. The summed E-state index contributed by atoms with van der Waals surface area (Å²) in [6.07, 6.45) is 9.53. The summed E-state index contributed by atoms with van der Waals surface area (Å²) < 4.78 is 2.08. The van der Waals surface area contributed by atoms with Crippen molar-refractivity contribution in [3.05, 3.63) is 24.5 Å². The van der Waals surface area contributed by atoms with Gasteiger partial charge in [-0.15, -0.1) is 0 Å². The van der Waals surface area contributed by atoms with Crippen LogP contribution in [0.2, 0.25) is 0 Å². The lowest BCUT2D eigenvalue weighted by Crippen LogP contribution is -2.37. The van der Waals surface area contributed by atoms with Gasteiger partial charge in [-0.3, -0.25) is 4.79 Å². The minimum Gasteiger partial charge on any atom is -0.354 e. The number of nitrogens with zero attached hydrogens (tertiary/aromatic N) is 2. The van der Waals surface area contributed by atoms with Crippen molar-refractivity contribution in [2.75, 3.05) is 20.1 Å². The van der Waals surface area contributed by atoms with Crippen LogP contribution in [-0.4, -0.2) is 41.6 Å². The molecule has 1 aliphatic heterocycles. The van der Waals surface area contributed by atoms with Crippen LogP contribution in [0.15, 0.2) is 24.5 Å². The Hall–Kier alpha value is -1.29. The molecule has 0 aromatic carbocycles. The van der Waals surface area contributed by atoms with Crippen LogP contribution in [0.3, 0.4) is 0 Å². The van der Waals surface area contributed by atoms with Gasteiger partial charge >= 0.3 is 0 Å². The highest BCUT2D eigenvalue weighted by Gasteiger charge is 2.19. The number of likely N-dealkylation sites (tertiary alicyclic amines) is 1. The Morgan fingerprint density at radius 2 is 2.11 bits per heavy atom. The van der Waals surface area contributed by atoms with E-state index in [4.69, 9.17) is 0 Å². The maximum absolute atomic E-state index is 11.8. The van der Waals surface area contributed by atoms with Gasteiger partial charge in [-0.2, -0.15) is 0 Å². The number of hydrogen-bond acceptors (Lipinski definition) is 2. The van der Waals surface area contributed by atoms with Crippen LogP contribution in [0.1, 0.15) is 32.1 Å². The highest BCUT2D eigenvalue weighted by atomic mass is 16.1. The first-order chi connectivity index (χ1) is 9.25. The minimum atomic E-state index is 0.186. The number of rotatable bonds is 6. The van der Waals surface area contributed by atoms with Crippen molar-refractivity contribution in [3.8, 4) is 0 Å². The molecule has 19 heavy (non-hydrogen) atoms. The number of hydrogen-bond donors (Lipinski definition) is 1. The summed E-state index contributed by atoms with van der Waals surface area (Å²) in [5.41, 5.74) is 0. The zero-order valence-corrected chi connectivity index (χ0v) is 11.8. The Balaban J connectivity index is 1.59. The van der Waals surface area contributed by atoms with Crippen LogP contribution in [0, 0.1) is 0 Å². The quantitative estimate of drug-likeness (QED) is 0.850. The minimum absolute atomic E-state index is 0.186. The highest BCUT2D eigenvalue weighted by molar-refractivity contribution is 5.75. The van der Waals surface area contributed by atoms with E-state index in [2.05, 4.69) is 21.8 Å². The first-order valence-electron chi connectivity index (χ1n) is 7.33. The van der Waals surface area contributed by atoms with Crippen molar-refractivity contribution < 1.29 is 4.79 Å². The standard InChI is InChI=1S/C15H25N3O/c1-17-10-3-2-6-14(17)7-8-15(19)16-9-13-18-11-4-5-12-18/h4-5,11-12,14H,2-3,6-10,13H2,1H3,(H,16,19)/t14-/m1/s1. The third-order valence-electron chi connectivity index (χ3n) is 3.98.